The number of benzene rings is 1. The zero-order valence-electron chi connectivity index (χ0n) is 12.8. The number of carbonyl (C=O) groups is 1. The molecule has 1 aliphatic rings. The van der Waals surface area contributed by atoms with Crippen molar-refractivity contribution in [3.63, 3.8) is 0 Å². The number of methoxy groups -OCH3 is 1. The Labute approximate surface area is 137 Å². The van der Waals surface area contributed by atoms with Gasteiger partial charge in [0.05, 0.1) is 20.3 Å². The SMILES string of the molecule is COc1ccc(C(=O)Cn2nc(N3CCOCC3)sc2=N)cc1. The van der Waals surface area contributed by atoms with Gasteiger partial charge in [-0.25, -0.2) is 4.68 Å². The van der Waals surface area contributed by atoms with Crippen molar-refractivity contribution in [2.24, 2.45) is 0 Å². The van der Waals surface area contributed by atoms with Gasteiger partial charge in [0.1, 0.15) is 12.3 Å². The minimum atomic E-state index is -0.0787. The molecule has 7 nitrogen and oxygen atoms in total. The quantitative estimate of drug-likeness (QED) is 0.830. The average molecular weight is 334 g/mol. The first kappa shape index (κ1) is 15.7. The molecule has 0 spiro atoms. The summed E-state index contributed by atoms with van der Waals surface area (Å²) >= 11 is 1.28. The Balaban J connectivity index is 1.72. The van der Waals surface area contributed by atoms with E-state index in [9.17, 15) is 4.79 Å². The topological polar surface area (TPSA) is 80.4 Å². The van der Waals surface area contributed by atoms with Gasteiger partial charge in [-0.2, -0.15) is 0 Å². The highest BCUT2D eigenvalue weighted by molar-refractivity contribution is 7.12. The highest BCUT2D eigenvalue weighted by Crippen LogP contribution is 2.16. The number of nitrogens with one attached hydrogen (secondary N) is 1. The molecular weight excluding hydrogens is 316 g/mol. The van der Waals surface area contributed by atoms with Gasteiger partial charge < -0.3 is 14.4 Å². The number of rotatable bonds is 5. The Hall–Kier alpha value is -2.19. The molecule has 0 aliphatic carbocycles. The number of ether oxygens (including phenoxy) is 2. The van der Waals surface area contributed by atoms with Gasteiger partial charge >= 0.3 is 0 Å². The van der Waals surface area contributed by atoms with Crippen molar-refractivity contribution in [2.75, 3.05) is 38.3 Å². The van der Waals surface area contributed by atoms with Crippen LogP contribution >= 0.6 is 11.3 Å². The predicted octanol–water partition coefficient (Wildman–Crippen LogP) is 1.15. The van der Waals surface area contributed by atoms with Gasteiger partial charge in [0.2, 0.25) is 9.93 Å². The summed E-state index contributed by atoms with van der Waals surface area (Å²) in [5.74, 6) is 0.628. The monoisotopic (exact) mass is 334 g/mol. The van der Waals surface area contributed by atoms with E-state index >= 15 is 0 Å². The molecule has 2 aromatic rings. The Kier molecular flexibility index (Phi) is 4.73. The molecule has 122 valence electrons. The molecule has 0 saturated carbocycles. The fourth-order valence-electron chi connectivity index (χ4n) is 2.30. The third-order valence-corrected chi connectivity index (χ3v) is 4.54. The molecule has 2 heterocycles. The predicted molar refractivity (Wildman–Crippen MR) is 86.3 cm³/mol. The van der Waals surface area contributed by atoms with Gasteiger partial charge in [-0.1, -0.05) is 11.3 Å². The van der Waals surface area contributed by atoms with E-state index in [1.807, 2.05) is 0 Å². The smallest absolute Gasteiger partial charge is 0.208 e. The lowest BCUT2D eigenvalue weighted by molar-refractivity contribution is 0.0965. The van der Waals surface area contributed by atoms with Crippen molar-refractivity contribution in [3.8, 4) is 5.75 Å². The number of morpholine rings is 1. The summed E-state index contributed by atoms with van der Waals surface area (Å²) in [6.45, 7) is 2.92. The molecule has 1 aliphatic heterocycles. The summed E-state index contributed by atoms with van der Waals surface area (Å²) in [4.78, 5) is 14.7. The second kappa shape index (κ2) is 6.93. The van der Waals surface area contributed by atoms with Crippen molar-refractivity contribution in [3.05, 3.63) is 34.6 Å². The van der Waals surface area contributed by atoms with Crippen LogP contribution in [0.5, 0.6) is 5.75 Å². The normalized spacial score (nSPS) is 14.7. The number of ketones is 1. The van der Waals surface area contributed by atoms with Gasteiger partial charge in [0, 0.05) is 18.7 Å². The number of aromatic nitrogens is 2. The molecule has 3 rings (SSSR count). The Morgan fingerprint density at radius 2 is 2.04 bits per heavy atom. The van der Waals surface area contributed by atoms with Crippen LogP contribution in [-0.2, 0) is 11.3 Å². The van der Waals surface area contributed by atoms with Crippen molar-refractivity contribution < 1.29 is 14.3 Å². The number of hydrogen-bond donors (Lipinski definition) is 1. The molecule has 8 heteroatoms. The average Bonchev–Trinajstić information content (AvgIpc) is 2.96. The van der Waals surface area contributed by atoms with Gasteiger partial charge in [-0.15, -0.1) is 5.10 Å². The molecule has 0 bridgehead atoms. The number of carbonyl (C=O) groups excluding carboxylic acids is 1. The fraction of sp³-hybridized carbons (Fsp3) is 0.400. The minimum absolute atomic E-state index is 0.0615. The van der Waals surface area contributed by atoms with E-state index in [0.717, 1.165) is 18.2 Å². The van der Waals surface area contributed by atoms with E-state index in [1.54, 1.807) is 31.4 Å². The van der Waals surface area contributed by atoms with Crippen LogP contribution in [0.15, 0.2) is 24.3 Å². The molecule has 0 unspecified atom stereocenters. The highest BCUT2D eigenvalue weighted by Gasteiger charge is 2.17. The molecule has 0 amide bonds. The van der Waals surface area contributed by atoms with Crippen LogP contribution in [-0.4, -0.2) is 49.0 Å². The van der Waals surface area contributed by atoms with Gasteiger partial charge in [-0.05, 0) is 24.3 Å². The number of anilines is 1. The standard InChI is InChI=1S/C15H18N4O3S/c1-21-12-4-2-11(3-5-12)13(20)10-19-14(16)23-15(17-19)18-6-8-22-9-7-18/h2-5,16H,6-10H2,1H3. The zero-order valence-corrected chi connectivity index (χ0v) is 13.6. The molecule has 1 saturated heterocycles. The summed E-state index contributed by atoms with van der Waals surface area (Å²) in [5.41, 5.74) is 0.582. The molecule has 0 atom stereocenters. The lowest BCUT2D eigenvalue weighted by atomic mass is 10.1. The van der Waals surface area contributed by atoms with E-state index in [2.05, 4.69) is 10.00 Å². The van der Waals surface area contributed by atoms with Crippen LogP contribution in [0, 0.1) is 5.41 Å². The largest absolute Gasteiger partial charge is 0.497 e. The van der Waals surface area contributed by atoms with E-state index < -0.39 is 0 Å². The molecule has 0 radical (unpaired) electrons. The van der Waals surface area contributed by atoms with Crippen molar-refractivity contribution in [1.29, 1.82) is 5.41 Å². The van der Waals surface area contributed by atoms with E-state index in [0.29, 0.717) is 24.5 Å². The van der Waals surface area contributed by atoms with E-state index in [-0.39, 0.29) is 17.1 Å². The van der Waals surface area contributed by atoms with Crippen LogP contribution in [0.25, 0.3) is 0 Å². The maximum Gasteiger partial charge on any atom is 0.208 e. The number of hydrogen-bond acceptors (Lipinski definition) is 7. The lowest BCUT2D eigenvalue weighted by Gasteiger charge is -2.25. The van der Waals surface area contributed by atoms with Gasteiger partial charge in [0.25, 0.3) is 0 Å². The molecular formula is C15H18N4O3S. The van der Waals surface area contributed by atoms with E-state index in [1.165, 1.54) is 16.0 Å². The van der Waals surface area contributed by atoms with Crippen LogP contribution in [0.3, 0.4) is 0 Å². The van der Waals surface area contributed by atoms with Crippen LogP contribution < -0.4 is 14.4 Å². The zero-order chi connectivity index (χ0) is 16.2. The lowest BCUT2D eigenvalue weighted by Crippen LogP contribution is -2.36. The summed E-state index contributed by atoms with van der Waals surface area (Å²) in [6.07, 6.45) is 0. The summed E-state index contributed by atoms with van der Waals surface area (Å²) in [6, 6.07) is 6.95. The first-order chi connectivity index (χ1) is 11.2. The molecule has 1 aromatic heterocycles. The number of nitrogens with zero attached hydrogens (tertiary/aromatic N) is 3. The summed E-state index contributed by atoms with van der Waals surface area (Å²) in [7, 11) is 1.58. The fourth-order valence-corrected chi connectivity index (χ4v) is 3.14. The molecule has 1 N–H and O–H groups in total. The third-order valence-electron chi connectivity index (χ3n) is 3.62. The van der Waals surface area contributed by atoms with Crippen molar-refractivity contribution in [1.82, 2.24) is 9.78 Å². The third kappa shape index (κ3) is 3.59. The van der Waals surface area contributed by atoms with Crippen LogP contribution in [0.1, 0.15) is 10.4 Å². The maximum atomic E-state index is 12.3. The van der Waals surface area contributed by atoms with Gasteiger partial charge in [0.15, 0.2) is 5.78 Å². The summed E-state index contributed by atoms with van der Waals surface area (Å²) < 4.78 is 11.8. The van der Waals surface area contributed by atoms with Crippen molar-refractivity contribution >= 4 is 22.3 Å². The minimum Gasteiger partial charge on any atom is -0.497 e. The maximum absolute atomic E-state index is 12.3. The van der Waals surface area contributed by atoms with Crippen LogP contribution in [0.4, 0.5) is 5.13 Å². The van der Waals surface area contributed by atoms with Gasteiger partial charge in [-0.3, -0.25) is 10.2 Å². The Bertz CT molecular complexity index is 732. The molecule has 23 heavy (non-hydrogen) atoms. The molecule has 1 fully saturated rings. The first-order valence-electron chi connectivity index (χ1n) is 7.30. The second-order valence-electron chi connectivity index (χ2n) is 5.10. The molecule has 1 aromatic carbocycles. The second-order valence-corrected chi connectivity index (χ2v) is 6.05. The first-order valence-corrected chi connectivity index (χ1v) is 8.11. The van der Waals surface area contributed by atoms with Crippen molar-refractivity contribution in [2.45, 2.75) is 6.54 Å². The Morgan fingerprint density at radius 3 is 2.70 bits per heavy atom. The van der Waals surface area contributed by atoms with E-state index in [4.69, 9.17) is 14.9 Å². The number of Topliss-reactive ketones (excluding diaryl/α,β-unsaturated/α-hetero) is 1. The highest BCUT2D eigenvalue weighted by atomic mass is 32.1. The van der Waals surface area contributed by atoms with Crippen LogP contribution in [0.2, 0.25) is 0 Å². The Morgan fingerprint density at radius 1 is 1.35 bits per heavy atom. The summed E-state index contributed by atoms with van der Waals surface area (Å²) in [5, 5.41) is 13.2.